The Morgan fingerprint density at radius 2 is 2.25 bits per heavy atom. The van der Waals surface area contributed by atoms with Crippen LogP contribution >= 0.6 is 0 Å². The molecule has 0 bridgehead atoms. The van der Waals surface area contributed by atoms with Gasteiger partial charge in [-0.3, -0.25) is 0 Å². The van der Waals surface area contributed by atoms with Gasteiger partial charge >= 0.3 is 0 Å². The summed E-state index contributed by atoms with van der Waals surface area (Å²) in [5.74, 6) is 0.562. The zero-order valence-corrected chi connectivity index (χ0v) is 5.29. The summed E-state index contributed by atoms with van der Waals surface area (Å²) in [5.41, 5.74) is 0. The molecule has 1 N–H and O–H groups in total. The van der Waals surface area contributed by atoms with E-state index in [0.29, 0.717) is 12.0 Å². The Balaban J connectivity index is 2.16. The average molecular weight is 116 g/mol. The molecule has 0 unspecified atom stereocenters. The Bertz CT molecular complexity index is 80.6. The van der Waals surface area contributed by atoms with Crippen LogP contribution in [0.25, 0.3) is 0 Å². The Morgan fingerprint density at radius 3 is 2.38 bits per heavy atom. The van der Waals surface area contributed by atoms with Crippen molar-refractivity contribution in [3.05, 3.63) is 0 Å². The van der Waals surface area contributed by atoms with E-state index in [0.717, 1.165) is 0 Å². The van der Waals surface area contributed by atoms with Gasteiger partial charge < -0.3 is 9.84 Å². The number of rotatable bonds is 2. The van der Waals surface area contributed by atoms with Crippen molar-refractivity contribution in [1.29, 1.82) is 0 Å². The number of aliphatic hydroxyl groups is 1. The Morgan fingerprint density at radius 1 is 1.62 bits per heavy atom. The third kappa shape index (κ3) is 1.01. The Hall–Kier alpha value is -0.0800. The predicted molar refractivity (Wildman–Crippen MR) is 30.6 cm³/mol. The summed E-state index contributed by atoms with van der Waals surface area (Å²) >= 11 is 0. The molecule has 2 heteroatoms. The number of hydrogen-bond donors (Lipinski definition) is 1. The predicted octanol–water partition coefficient (Wildman–Crippen LogP) is 0.402. The molecular weight excluding hydrogens is 104 g/mol. The number of epoxide rings is 1. The van der Waals surface area contributed by atoms with Gasteiger partial charge in [0.2, 0.25) is 0 Å². The van der Waals surface area contributed by atoms with Crippen LogP contribution in [0.5, 0.6) is 0 Å². The minimum Gasteiger partial charge on any atom is -0.394 e. The van der Waals surface area contributed by atoms with Crippen LogP contribution in [0.4, 0.5) is 0 Å². The van der Waals surface area contributed by atoms with E-state index in [9.17, 15) is 0 Å². The summed E-state index contributed by atoms with van der Waals surface area (Å²) in [5, 5.41) is 8.50. The molecule has 2 atom stereocenters. The van der Waals surface area contributed by atoms with Gasteiger partial charge in [-0.2, -0.15) is 0 Å². The van der Waals surface area contributed by atoms with Gasteiger partial charge in [0.15, 0.2) is 0 Å². The van der Waals surface area contributed by atoms with Crippen molar-refractivity contribution in [2.24, 2.45) is 5.92 Å². The molecule has 1 saturated heterocycles. The Kier molecular flexibility index (Phi) is 1.54. The second-order valence-corrected chi connectivity index (χ2v) is 2.57. The highest BCUT2D eigenvalue weighted by atomic mass is 16.6. The third-order valence-electron chi connectivity index (χ3n) is 1.46. The van der Waals surface area contributed by atoms with E-state index >= 15 is 0 Å². The lowest BCUT2D eigenvalue weighted by Crippen LogP contribution is -2.04. The van der Waals surface area contributed by atoms with E-state index in [4.69, 9.17) is 9.84 Å². The van der Waals surface area contributed by atoms with Gasteiger partial charge in [0.1, 0.15) is 6.10 Å². The average Bonchev–Trinajstić information content (AvgIpc) is 2.42. The first-order valence-electron chi connectivity index (χ1n) is 3.02. The lowest BCUT2D eigenvalue weighted by Gasteiger charge is -1.93. The summed E-state index contributed by atoms with van der Waals surface area (Å²) in [6.45, 7) is 4.38. The molecule has 2 nitrogen and oxygen atoms in total. The molecule has 0 aromatic heterocycles. The maximum Gasteiger partial charge on any atom is 0.107 e. The molecule has 0 spiro atoms. The topological polar surface area (TPSA) is 32.8 Å². The fourth-order valence-electron chi connectivity index (χ4n) is 0.890. The van der Waals surface area contributed by atoms with Gasteiger partial charge in [0, 0.05) is 0 Å². The number of hydrogen-bond acceptors (Lipinski definition) is 2. The molecule has 0 saturated carbocycles. The van der Waals surface area contributed by atoms with E-state index in [1.807, 2.05) is 0 Å². The summed E-state index contributed by atoms with van der Waals surface area (Å²) in [7, 11) is 0. The van der Waals surface area contributed by atoms with Crippen LogP contribution in [0.1, 0.15) is 13.8 Å². The van der Waals surface area contributed by atoms with Crippen LogP contribution < -0.4 is 0 Å². The first kappa shape index (κ1) is 6.05. The molecule has 1 aliphatic heterocycles. The van der Waals surface area contributed by atoms with Crippen molar-refractivity contribution < 1.29 is 9.84 Å². The van der Waals surface area contributed by atoms with Crippen LogP contribution in [0.15, 0.2) is 0 Å². The van der Waals surface area contributed by atoms with Gasteiger partial charge in [-0.15, -0.1) is 0 Å². The highest BCUT2D eigenvalue weighted by Crippen LogP contribution is 2.27. The second-order valence-electron chi connectivity index (χ2n) is 2.57. The minimum atomic E-state index is 0.148. The summed E-state index contributed by atoms with van der Waals surface area (Å²) in [6.07, 6.45) is 0.481. The first-order chi connectivity index (χ1) is 3.75. The van der Waals surface area contributed by atoms with Crippen molar-refractivity contribution >= 4 is 0 Å². The van der Waals surface area contributed by atoms with E-state index in [-0.39, 0.29) is 12.7 Å². The van der Waals surface area contributed by atoms with Crippen LogP contribution in [0, 0.1) is 5.92 Å². The van der Waals surface area contributed by atoms with Crippen molar-refractivity contribution in [2.75, 3.05) is 6.61 Å². The highest BCUT2D eigenvalue weighted by molar-refractivity contribution is 4.85. The van der Waals surface area contributed by atoms with Crippen LogP contribution in [-0.2, 0) is 4.74 Å². The smallest absolute Gasteiger partial charge is 0.107 e. The quantitative estimate of drug-likeness (QED) is 0.530. The molecule has 1 heterocycles. The molecule has 48 valence electrons. The van der Waals surface area contributed by atoms with Gasteiger partial charge in [0.25, 0.3) is 0 Å². The monoisotopic (exact) mass is 116 g/mol. The van der Waals surface area contributed by atoms with Crippen LogP contribution in [-0.4, -0.2) is 23.9 Å². The standard InChI is InChI=1S/C6H12O2/c1-4(2)6-5(3-7)8-6/h4-7H,3H2,1-2H3/t5-,6-/m0/s1. The van der Waals surface area contributed by atoms with Gasteiger partial charge in [-0.1, -0.05) is 13.8 Å². The molecule has 0 aliphatic carbocycles. The molecule has 1 aliphatic rings. The molecule has 1 rings (SSSR count). The Labute approximate surface area is 49.5 Å². The van der Waals surface area contributed by atoms with Crippen molar-refractivity contribution in [1.82, 2.24) is 0 Å². The van der Waals surface area contributed by atoms with E-state index < -0.39 is 0 Å². The number of aliphatic hydroxyl groups excluding tert-OH is 1. The van der Waals surface area contributed by atoms with Crippen LogP contribution in [0.2, 0.25) is 0 Å². The molecule has 0 amide bonds. The van der Waals surface area contributed by atoms with E-state index in [2.05, 4.69) is 13.8 Å². The third-order valence-corrected chi connectivity index (χ3v) is 1.46. The fraction of sp³-hybridized carbons (Fsp3) is 1.00. The van der Waals surface area contributed by atoms with Gasteiger partial charge in [-0.05, 0) is 5.92 Å². The van der Waals surface area contributed by atoms with E-state index in [1.165, 1.54) is 0 Å². The van der Waals surface area contributed by atoms with Crippen molar-refractivity contribution in [3.8, 4) is 0 Å². The maximum atomic E-state index is 8.50. The largest absolute Gasteiger partial charge is 0.394 e. The highest BCUT2D eigenvalue weighted by Gasteiger charge is 2.40. The minimum absolute atomic E-state index is 0.148. The maximum absolute atomic E-state index is 8.50. The van der Waals surface area contributed by atoms with E-state index in [1.54, 1.807) is 0 Å². The normalized spacial score (nSPS) is 36.0. The van der Waals surface area contributed by atoms with Crippen molar-refractivity contribution in [2.45, 2.75) is 26.1 Å². The molecule has 0 aromatic carbocycles. The summed E-state index contributed by atoms with van der Waals surface area (Å²) in [6, 6.07) is 0. The fourth-order valence-corrected chi connectivity index (χ4v) is 0.890. The van der Waals surface area contributed by atoms with Gasteiger partial charge in [0.05, 0.1) is 12.7 Å². The zero-order valence-electron chi connectivity index (χ0n) is 5.29. The lowest BCUT2D eigenvalue weighted by atomic mass is 10.1. The molecule has 8 heavy (non-hydrogen) atoms. The lowest BCUT2D eigenvalue weighted by molar-refractivity contribution is 0.240. The van der Waals surface area contributed by atoms with Crippen LogP contribution in [0.3, 0.4) is 0 Å². The molecule has 1 fully saturated rings. The number of ether oxygens (including phenoxy) is 1. The molecule has 0 radical (unpaired) electrons. The molecular formula is C6H12O2. The second kappa shape index (κ2) is 2.03. The SMILES string of the molecule is CC(C)[C@@H]1O[C@H]1CO. The molecule has 0 aromatic rings. The van der Waals surface area contributed by atoms with Gasteiger partial charge in [-0.25, -0.2) is 0 Å². The summed E-state index contributed by atoms with van der Waals surface area (Å²) in [4.78, 5) is 0. The van der Waals surface area contributed by atoms with Crippen molar-refractivity contribution in [3.63, 3.8) is 0 Å². The first-order valence-corrected chi connectivity index (χ1v) is 3.02. The summed E-state index contributed by atoms with van der Waals surface area (Å²) < 4.78 is 5.08. The zero-order chi connectivity index (χ0) is 6.15.